The molecular weight excluding hydrogens is 289 g/mol. The molecule has 0 radical (unpaired) electrons. The summed E-state index contributed by atoms with van der Waals surface area (Å²) in [5, 5.41) is 9.97. The lowest BCUT2D eigenvalue weighted by atomic mass is 10.1. The minimum atomic E-state index is -6.10. The van der Waals surface area contributed by atoms with Crippen molar-refractivity contribution in [1.82, 2.24) is 5.32 Å². The Kier molecular flexibility index (Phi) is 4.31. The van der Waals surface area contributed by atoms with Gasteiger partial charge in [-0.15, -0.1) is 0 Å². The van der Waals surface area contributed by atoms with Crippen LogP contribution in [-0.4, -0.2) is 29.1 Å². The number of carboxylic acids is 1. The van der Waals surface area contributed by atoms with Crippen LogP contribution in [-0.2, 0) is 9.59 Å². The summed E-state index contributed by atoms with van der Waals surface area (Å²) in [6, 6.07) is 4.51. The molecule has 0 heterocycles. The zero-order chi connectivity index (χ0) is 15.6. The molecule has 0 saturated carbocycles. The number of carbonyl (C=O) groups excluding carboxylic acids is 1. The van der Waals surface area contributed by atoms with Crippen LogP contribution in [0.4, 0.5) is 22.0 Å². The summed E-state index contributed by atoms with van der Waals surface area (Å²) in [5.41, 5.74) is -0.133. The second kappa shape index (κ2) is 5.43. The summed E-state index contributed by atoms with van der Waals surface area (Å²) in [7, 11) is 0. The summed E-state index contributed by atoms with van der Waals surface area (Å²) >= 11 is 0. The van der Waals surface area contributed by atoms with Crippen molar-refractivity contribution in [3.63, 3.8) is 0 Å². The molecule has 1 atom stereocenters. The fourth-order valence-electron chi connectivity index (χ4n) is 1.28. The van der Waals surface area contributed by atoms with Gasteiger partial charge in [0.05, 0.1) is 0 Å². The molecule has 9 heteroatoms. The predicted molar refractivity (Wildman–Crippen MR) is 56.0 cm³/mol. The molecule has 1 rings (SSSR count). The average Bonchev–Trinajstić information content (AvgIpc) is 2.34. The lowest BCUT2D eigenvalue weighted by molar-refractivity contribution is -0.270. The van der Waals surface area contributed by atoms with Gasteiger partial charge in [0.15, 0.2) is 6.04 Å². The molecule has 0 fully saturated rings. The summed E-state index contributed by atoms with van der Waals surface area (Å²) < 4.78 is 61.4. The third kappa shape index (κ3) is 3.22. The number of carbonyl (C=O) groups is 2. The number of carboxylic acid groups (broad SMARTS) is 1. The van der Waals surface area contributed by atoms with Crippen molar-refractivity contribution in [3.05, 3.63) is 35.9 Å². The Morgan fingerprint density at radius 3 is 1.95 bits per heavy atom. The van der Waals surface area contributed by atoms with E-state index < -0.39 is 30.0 Å². The highest BCUT2D eigenvalue weighted by molar-refractivity contribution is 5.89. The first-order chi connectivity index (χ1) is 9.07. The molecule has 2 N–H and O–H groups in total. The van der Waals surface area contributed by atoms with Crippen LogP contribution in [0.3, 0.4) is 0 Å². The van der Waals surface area contributed by atoms with Crippen molar-refractivity contribution in [3.8, 4) is 0 Å². The summed E-state index contributed by atoms with van der Waals surface area (Å²) in [6.45, 7) is 0. The topological polar surface area (TPSA) is 66.4 Å². The zero-order valence-corrected chi connectivity index (χ0v) is 9.62. The van der Waals surface area contributed by atoms with Crippen molar-refractivity contribution in [2.45, 2.75) is 18.1 Å². The van der Waals surface area contributed by atoms with Crippen LogP contribution < -0.4 is 5.32 Å². The molecule has 0 unspecified atom stereocenters. The first-order valence-corrected chi connectivity index (χ1v) is 5.10. The highest BCUT2D eigenvalue weighted by Gasteiger charge is 2.63. The molecule has 0 aliphatic heterocycles. The highest BCUT2D eigenvalue weighted by Crippen LogP contribution is 2.36. The number of alkyl halides is 5. The number of nitrogens with one attached hydrogen (secondary N) is 1. The van der Waals surface area contributed by atoms with Gasteiger partial charge in [-0.1, -0.05) is 30.3 Å². The number of halogens is 5. The lowest BCUT2D eigenvalue weighted by Gasteiger charge is -2.21. The molecule has 1 aromatic rings. The van der Waals surface area contributed by atoms with E-state index >= 15 is 0 Å². The minimum Gasteiger partial charge on any atom is -0.479 e. The van der Waals surface area contributed by atoms with Crippen LogP contribution in [0.15, 0.2) is 30.3 Å². The third-order valence-electron chi connectivity index (χ3n) is 2.30. The maximum absolute atomic E-state index is 12.7. The van der Waals surface area contributed by atoms with E-state index in [1.807, 2.05) is 0 Å². The third-order valence-corrected chi connectivity index (χ3v) is 2.30. The standard InChI is InChI=1S/C11H8F5NO3/c12-10(13,11(14,15)16)9(20)17-7(8(18)19)6-4-2-1-3-5-6/h1-5,7H,(H,17,20)(H,18,19)/t7-/m1/s1. The minimum absolute atomic E-state index is 0.133. The van der Waals surface area contributed by atoms with E-state index in [9.17, 15) is 31.5 Å². The lowest BCUT2D eigenvalue weighted by Crippen LogP contribution is -2.52. The van der Waals surface area contributed by atoms with E-state index in [4.69, 9.17) is 5.11 Å². The Bertz CT molecular complexity index is 501. The van der Waals surface area contributed by atoms with E-state index in [1.165, 1.54) is 35.6 Å². The van der Waals surface area contributed by atoms with Crippen molar-refractivity contribution in [2.75, 3.05) is 0 Å². The van der Waals surface area contributed by atoms with E-state index in [0.717, 1.165) is 0 Å². The quantitative estimate of drug-likeness (QED) is 0.837. The number of aliphatic carboxylic acids is 1. The molecule has 4 nitrogen and oxygen atoms in total. The maximum Gasteiger partial charge on any atom is 0.463 e. The molecule has 1 amide bonds. The first-order valence-electron chi connectivity index (χ1n) is 5.10. The van der Waals surface area contributed by atoms with Gasteiger partial charge in [-0.3, -0.25) is 4.79 Å². The molecule has 20 heavy (non-hydrogen) atoms. The molecule has 1 aromatic carbocycles. The molecule has 0 aliphatic rings. The van der Waals surface area contributed by atoms with Gasteiger partial charge < -0.3 is 10.4 Å². The van der Waals surface area contributed by atoms with E-state index in [1.54, 1.807) is 0 Å². The van der Waals surface area contributed by atoms with Gasteiger partial charge in [-0.25, -0.2) is 4.79 Å². The molecule has 0 bridgehead atoms. The summed E-state index contributed by atoms with van der Waals surface area (Å²) in [6.07, 6.45) is -6.10. The smallest absolute Gasteiger partial charge is 0.463 e. The fourth-order valence-corrected chi connectivity index (χ4v) is 1.28. The molecule has 110 valence electrons. The molecule has 0 aliphatic carbocycles. The molecule has 0 aromatic heterocycles. The SMILES string of the molecule is O=C(O)[C@H](NC(=O)C(F)(F)C(F)(F)F)c1ccccc1. The number of amides is 1. The van der Waals surface area contributed by atoms with E-state index in [2.05, 4.69) is 0 Å². The van der Waals surface area contributed by atoms with Gasteiger partial charge in [0, 0.05) is 0 Å². The highest BCUT2D eigenvalue weighted by atomic mass is 19.4. The second-order valence-electron chi connectivity index (χ2n) is 3.73. The zero-order valence-electron chi connectivity index (χ0n) is 9.62. The van der Waals surface area contributed by atoms with Crippen LogP contribution in [0.2, 0.25) is 0 Å². The van der Waals surface area contributed by atoms with Crippen LogP contribution in [0, 0.1) is 0 Å². The van der Waals surface area contributed by atoms with Gasteiger partial charge in [0.25, 0.3) is 0 Å². The number of rotatable bonds is 4. The Morgan fingerprint density at radius 2 is 1.55 bits per heavy atom. The Labute approximate surface area is 109 Å². The predicted octanol–water partition coefficient (Wildman–Crippen LogP) is 2.13. The van der Waals surface area contributed by atoms with Gasteiger partial charge in [-0.2, -0.15) is 22.0 Å². The van der Waals surface area contributed by atoms with E-state index in [0.29, 0.717) is 0 Å². The van der Waals surface area contributed by atoms with Crippen LogP contribution in [0.1, 0.15) is 11.6 Å². The van der Waals surface area contributed by atoms with E-state index in [-0.39, 0.29) is 5.56 Å². The summed E-state index contributed by atoms with van der Waals surface area (Å²) in [5.74, 6) is -10.2. The van der Waals surface area contributed by atoms with Gasteiger partial charge in [0.2, 0.25) is 0 Å². The van der Waals surface area contributed by atoms with Gasteiger partial charge in [-0.05, 0) is 5.56 Å². The van der Waals surface area contributed by atoms with Gasteiger partial charge in [0.1, 0.15) is 0 Å². The Balaban J connectivity index is 2.99. The average molecular weight is 297 g/mol. The van der Waals surface area contributed by atoms with Crippen molar-refractivity contribution in [2.24, 2.45) is 0 Å². The first kappa shape index (κ1) is 15.9. The summed E-state index contributed by atoms with van der Waals surface area (Å²) in [4.78, 5) is 21.8. The monoisotopic (exact) mass is 297 g/mol. The largest absolute Gasteiger partial charge is 0.479 e. The fraction of sp³-hybridized carbons (Fsp3) is 0.273. The molecule has 0 spiro atoms. The van der Waals surface area contributed by atoms with Crippen molar-refractivity contribution < 1.29 is 36.6 Å². The van der Waals surface area contributed by atoms with Crippen molar-refractivity contribution in [1.29, 1.82) is 0 Å². The number of benzene rings is 1. The molecular formula is C11H8F5NO3. The van der Waals surface area contributed by atoms with Crippen molar-refractivity contribution >= 4 is 11.9 Å². The molecule has 0 saturated heterocycles. The van der Waals surface area contributed by atoms with Crippen LogP contribution in [0.25, 0.3) is 0 Å². The van der Waals surface area contributed by atoms with Crippen LogP contribution in [0.5, 0.6) is 0 Å². The normalized spacial score (nSPS) is 13.7. The second-order valence-corrected chi connectivity index (χ2v) is 3.73. The van der Waals surface area contributed by atoms with Gasteiger partial charge >= 0.3 is 24.0 Å². The number of hydrogen-bond acceptors (Lipinski definition) is 2. The Hall–Kier alpha value is -2.19. The van der Waals surface area contributed by atoms with Crippen LogP contribution >= 0.6 is 0 Å². The maximum atomic E-state index is 12.7. The number of hydrogen-bond donors (Lipinski definition) is 2. The Morgan fingerprint density at radius 1 is 1.05 bits per heavy atom.